The van der Waals surface area contributed by atoms with Gasteiger partial charge in [0.2, 0.25) is 5.91 Å². The molecule has 0 aliphatic rings. The van der Waals surface area contributed by atoms with Gasteiger partial charge < -0.3 is 15.8 Å². The molecule has 3 N–H and O–H groups in total. The number of benzene rings is 1. The van der Waals surface area contributed by atoms with Crippen molar-refractivity contribution in [3.8, 4) is 5.75 Å². The monoisotopic (exact) mass is 318 g/mol. The van der Waals surface area contributed by atoms with Gasteiger partial charge in [-0.15, -0.1) is 24.2 Å². The second-order valence-corrected chi connectivity index (χ2v) is 6.21. The van der Waals surface area contributed by atoms with Gasteiger partial charge >= 0.3 is 0 Å². The number of methoxy groups -OCH3 is 1. The van der Waals surface area contributed by atoms with Crippen molar-refractivity contribution in [2.24, 2.45) is 5.73 Å². The van der Waals surface area contributed by atoms with Gasteiger partial charge in [-0.05, 0) is 38.1 Å². The lowest BCUT2D eigenvalue weighted by Gasteiger charge is -2.18. The molecular weight excluding hydrogens is 296 g/mol. The molecule has 0 bridgehead atoms. The number of nitrogens with one attached hydrogen (secondary N) is 1. The minimum atomic E-state index is -0.362. The molecule has 4 nitrogen and oxygen atoms in total. The van der Waals surface area contributed by atoms with E-state index in [1.165, 1.54) is 0 Å². The highest BCUT2D eigenvalue weighted by molar-refractivity contribution is 7.99. The second-order valence-electron chi connectivity index (χ2n) is 5.04. The third kappa shape index (κ3) is 8.30. The molecule has 0 heterocycles. The highest BCUT2D eigenvalue weighted by Crippen LogP contribution is 2.21. The topological polar surface area (TPSA) is 64.3 Å². The van der Waals surface area contributed by atoms with Gasteiger partial charge in [0.1, 0.15) is 5.75 Å². The van der Waals surface area contributed by atoms with Gasteiger partial charge in [-0.2, -0.15) is 0 Å². The molecule has 0 unspecified atom stereocenters. The summed E-state index contributed by atoms with van der Waals surface area (Å²) in [4.78, 5) is 12.7. The van der Waals surface area contributed by atoms with Gasteiger partial charge in [0.05, 0.1) is 7.11 Å². The van der Waals surface area contributed by atoms with Crippen molar-refractivity contribution in [1.29, 1.82) is 0 Å². The summed E-state index contributed by atoms with van der Waals surface area (Å²) >= 11 is 1.65. The molecule has 0 atom stereocenters. The van der Waals surface area contributed by atoms with Gasteiger partial charge in [-0.25, -0.2) is 0 Å². The van der Waals surface area contributed by atoms with E-state index < -0.39 is 0 Å². The van der Waals surface area contributed by atoms with Crippen LogP contribution >= 0.6 is 24.2 Å². The molecule has 0 aromatic heterocycles. The van der Waals surface area contributed by atoms with E-state index >= 15 is 0 Å². The molecule has 1 aromatic rings. The number of hydrogen-bond donors (Lipinski definition) is 2. The van der Waals surface area contributed by atoms with E-state index in [2.05, 4.69) is 5.32 Å². The molecule has 1 amide bonds. The Morgan fingerprint density at radius 1 is 1.35 bits per heavy atom. The average molecular weight is 319 g/mol. The fourth-order valence-electron chi connectivity index (χ4n) is 1.35. The number of thioether (sulfide) groups is 1. The van der Waals surface area contributed by atoms with E-state index in [1.807, 2.05) is 38.1 Å². The summed E-state index contributed by atoms with van der Waals surface area (Å²) in [6, 6.07) is 7.81. The van der Waals surface area contributed by atoms with Crippen LogP contribution in [-0.2, 0) is 4.79 Å². The number of ether oxygens (including phenoxy) is 1. The highest BCUT2D eigenvalue weighted by atomic mass is 35.5. The van der Waals surface area contributed by atoms with Crippen LogP contribution in [0.5, 0.6) is 5.75 Å². The van der Waals surface area contributed by atoms with Crippen molar-refractivity contribution < 1.29 is 9.53 Å². The lowest BCUT2D eigenvalue weighted by atomic mass is 10.1. The molecule has 0 spiro atoms. The van der Waals surface area contributed by atoms with Crippen LogP contribution in [0.2, 0.25) is 0 Å². The summed E-state index contributed by atoms with van der Waals surface area (Å²) in [5.74, 6) is 1.63. The molecular formula is C14H23ClN2O2S. The quantitative estimate of drug-likeness (QED) is 0.758. The van der Waals surface area contributed by atoms with Crippen molar-refractivity contribution in [1.82, 2.24) is 5.32 Å². The zero-order valence-corrected chi connectivity index (χ0v) is 13.8. The first-order valence-electron chi connectivity index (χ1n) is 6.23. The largest absolute Gasteiger partial charge is 0.497 e. The number of amides is 1. The van der Waals surface area contributed by atoms with Crippen LogP contribution in [0.1, 0.15) is 20.3 Å². The first kappa shape index (κ1) is 19.1. The third-order valence-electron chi connectivity index (χ3n) is 2.40. The molecule has 0 saturated carbocycles. The SMILES string of the molecule is COc1ccc(SCCC(=O)NCC(C)(C)N)cc1.Cl. The Balaban J connectivity index is 0.00000361. The van der Waals surface area contributed by atoms with Crippen molar-refractivity contribution in [3.05, 3.63) is 24.3 Å². The first-order valence-corrected chi connectivity index (χ1v) is 7.22. The van der Waals surface area contributed by atoms with E-state index in [-0.39, 0.29) is 23.9 Å². The molecule has 114 valence electrons. The molecule has 0 aliphatic carbocycles. The summed E-state index contributed by atoms with van der Waals surface area (Å²) in [7, 11) is 1.64. The number of nitrogens with two attached hydrogens (primary N) is 1. The van der Waals surface area contributed by atoms with Gasteiger partial charge in [0, 0.05) is 29.2 Å². The van der Waals surface area contributed by atoms with Crippen LogP contribution < -0.4 is 15.8 Å². The minimum Gasteiger partial charge on any atom is -0.497 e. The lowest BCUT2D eigenvalue weighted by Crippen LogP contribution is -2.45. The number of hydrogen-bond acceptors (Lipinski definition) is 4. The summed E-state index contributed by atoms with van der Waals surface area (Å²) in [6.45, 7) is 4.28. The van der Waals surface area contributed by atoms with E-state index in [0.29, 0.717) is 13.0 Å². The maximum absolute atomic E-state index is 11.6. The Labute approximate surface area is 131 Å². The van der Waals surface area contributed by atoms with Gasteiger partial charge in [0.25, 0.3) is 0 Å². The van der Waals surface area contributed by atoms with Crippen molar-refractivity contribution in [3.63, 3.8) is 0 Å². The second kappa shape index (κ2) is 9.10. The molecule has 1 aromatic carbocycles. The van der Waals surface area contributed by atoms with Crippen LogP contribution in [0.25, 0.3) is 0 Å². The zero-order valence-electron chi connectivity index (χ0n) is 12.1. The van der Waals surface area contributed by atoms with E-state index in [4.69, 9.17) is 10.5 Å². The molecule has 0 radical (unpaired) electrons. The van der Waals surface area contributed by atoms with Crippen LogP contribution in [0.4, 0.5) is 0 Å². The zero-order chi connectivity index (χ0) is 14.3. The van der Waals surface area contributed by atoms with E-state index in [0.717, 1.165) is 16.4 Å². The van der Waals surface area contributed by atoms with Crippen LogP contribution in [0.15, 0.2) is 29.2 Å². The molecule has 20 heavy (non-hydrogen) atoms. The number of carbonyl (C=O) groups excluding carboxylic acids is 1. The molecule has 0 fully saturated rings. The molecule has 0 aliphatic heterocycles. The molecule has 1 rings (SSSR count). The maximum Gasteiger partial charge on any atom is 0.220 e. The summed E-state index contributed by atoms with van der Waals surface area (Å²) < 4.78 is 5.09. The van der Waals surface area contributed by atoms with E-state index in [9.17, 15) is 4.79 Å². The standard InChI is InChI=1S/C14H22N2O2S.ClH/c1-14(2,15)10-16-13(17)8-9-19-12-6-4-11(18-3)5-7-12;/h4-7H,8-10,15H2,1-3H3,(H,16,17);1H. The fraction of sp³-hybridized carbons (Fsp3) is 0.500. The van der Waals surface area contributed by atoms with Crippen molar-refractivity contribution in [2.45, 2.75) is 30.7 Å². The maximum atomic E-state index is 11.6. The Morgan fingerprint density at radius 3 is 2.45 bits per heavy atom. The average Bonchev–Trinajstić information content (AvgIpc) is 2.36. The molecule has 0 saturated heterocycles. The van der Waals surface area contributed by atoms with Crippen LogP contribution in [-0.4, -0.2) is 30.9 Å². The van der Waals surface area contributed by atoms with Gasteiger partial charge in [-0.3, -0.25) is 4.79 Å². The van der Waals surface area contributed by atoms with Crippen LogP contribution in [0.3, 0.4) is 0 Å². The Hall–Kier alpha value is -0.910. The predicted molar refractivity (Wildman–Crippen MR) is 86.9 cm³/mol. The number of rotatable bonds is 7. The Bertz CT molecular complexity index is 405. The number of carbonyl (C=O) groups is 1. The van der Waals surface area contributed by atoms with Gasteiger partial charge in [-0.1, -0.05) is 0 Å². The summed E-state index contributed by atoms with van der Waals surface area (Å²) in [5, 5.41) is 2.83. The lowest BCUT2D eigenvalue weighted by molar-refractivity contribution is -0.120. The predicted octanol–water partition coefficient (Wildman–Crippen LogP) is 2.45. The smallest absolute Gasteiger partial charge is 0.220 e. The Kier molecular flexibility index (Phi) is 8.69. The first-order chi connectivity index (χ1) is 8.90. The van der Waals surface area contributed by atoms with Crippen LogP contribution in [0, 0.1) is 0 Å². The Morgan fingerprint density at radius 2 is 1.95 bits per heavy atom. The van der Waals surface area contributed by atoms with Gasteiger partial charge in [0.15, 0.2) is 0 Å². The fourth-order valence-corrected chi connectivity index (χ4v) is 2.20. The summed E-state index contributed by atoms with van der Waals surface area (Å²) in [5.41, 5.74) is 5.44. The third-order valence-corrected chi connectivity index (χ3v) is 3.41. The minimum absolute atomic E-state index is 0. The highest BCUT2D eigenvalue weighted by Gasteiger charge is 2.11. The number of halogens is 1. The molecule has 6 heteroatoms. The van der Waals surface area contributed by atoms with Crippen molar-refractivity contribution >= 4 is 30.1 Å². The van der Waals surface area contributed by atoms with E-state index in [1.54, 1.807) is 18.9 Å². The normalized spacial score (nSPS) is 10.6. The summed E-state index contributed by atoms with van der Waals surface area (Å²) in [6.07, 6.45) is 0.493. The van der Waals surface area contributed by atoms with Crippen molar-refractivity contribution in [2.75, 3.05) is 19.4 Å².